The van der Waals surface area contributed by atoms with Crippen molar-refractivity contribution in [3.05, 3.63) is 83.4 Å². The number of hydrogen-bond donors (Lipinski definition) is 2. The molecule has 2 aromatic carbocycles. The normalized spacial score (nSPS) is 14.8. The molecule has 0 spiro atoms. The molecule has 9 nitrogen and oxygen atoms in total. The van der Waals surface area contributed by atoms with Crippen molar-refractivity contribution in [2.24, 2.45) is 5.41 Å². The number of nitrogens with one attached hydrogen (secondary N) is 2. The van der Waals surface area contributed by atoms with E-state index < -0.39 is 0 Å². The third-order valence-corrected chi connectivity index (χ3v) is 7.64. The lowest BCUT2D eigenvalue weighted by Gasteiger charge is -2.23. The monoisotopic (exact) mass is 541 g/mol. The lowest BCUT2D eigenvalue weighted by molar-refractivity contribution is 0.443. The number of pyridine rings is 2. The number of nitriles is 2. The maximum absolute atomic E-state index is 10.1. The van der Waals surface area contributed by atoms with Crippen molar-refractivity contribution in [3.8, 4) is 12.1 Å². The minimum Gasteiger partial charge on any atom is -0.383 e. The van der Waals surface area contributed by atoms with Crippen molar-refractivity contribution in [2.45, 2.75) is 52.1 Å². The number of fused-ring (bicyclic) bond motifs is 2. The highest BCUT2D eigenvalue weighted by Crippen LogP contribution is 2.43. The summed E-state index contributed by atoms with van der Waals surface area (Å²) >= 11 is 0. The first-order valence-corrected chi connectivity index (χ1v) is 13.7. The molecule has 5 aromatic rings. The quantitative estimate of drug-likeness (QED) is 0.246. The van der Waals surface area contributed by atoms with Crippen LogP contribution in [0, 0.1) is 28.1 Å². The van der Waals surface area contributed by atoms with Crippen LogP contribution in [0.15, 0.2) is 61.1 Å². The summed E-state index contributed by atoms with van der Waals surface area (Å²) < 4.78 is 1.96. The van der Waals surface area contributed by atoms with Gasteiger partial charge in [-0.1, -0.05) is 44.2 Å². The topological polar surface area (TPSA) is 128 Å². The smallest absolute Gasteiger partial charge is 0.110 e. The summed E-state index contributed by atoms with van der Waals surface area (Å²) in [7, 11) is 0. The number of nitrogens with zero attached hydrogens (tertiary/aromatic N) is 7. The summed E-state index contributed by atoms with van der Waals surface area (Å²) in [6, 6.07) is 18.0. The van der Waals surface area contributed by atoms with Crippen LogP contribution in [0.3, 0.4) is 0 Å². The Morgan fingerprint density at radius 1 is 1.02 bits per heavy atom. The Balaban J connectivity index is 1.51. The van der Waals surface area contributed by atoms with Gasteiger partial charge in [0.2, 0.25) is 0 Å². The van der Waals surface area contributed by atoms with Gasteiger partial charge in [-0.2, -0.15) is 10.5 Å². The fourth-order valence-electron chi connectivity index (χ4n) is 5.04. The van der Waals surface area contributed by atoms with E-state index in [-0.39, 0.29) is 17.0 Å². The molecule has 0 aliphatic heterocycles. The molecule has 0 bridgehead atoms. The Hall–Kier alpha value is -5.02. The Morgan fingerprint density at radius 2 is 1.83 bits per heavy atom. The molecule has 0 amide bonds. The predicted octanol–water partition coefficient (Wildman–Crippen LogP) is 6.29. The summed E-state index contributed by atoms with van der Waals surface area (Å²) in [6.07, 6.45) is 7.47. The minimum absolute atomic E-state index is 0.0000285. The Bertz CT molecular complexity index is 1860. The Kier molecular flexibility index (Phi) is 6.31. The van der Waals surface area contributed by atoms with Crippen LogP contribution < -0.4 is 10.6 Å². The molecule has 1 aliphatic carbocycles. The van der Waals surface area contributed by atoms with Gasteiger partial charge in [0.1, 0.15) is 17.8 Å². The van der Waals surface area contributed by atoms with Gasteiger partial charge in [-0.25, -0.2) is 4.68 Å². The van der Waals surface area contributed by atoms with Gasteiger partial charge in [0.15, 0.2) is 0 Å². The van der Waals surface area contributed by atoms with Crippen molar-refractivity contribution < 1.29 is 0 Å². The van der Waals surface area contributed by atoms with Gasteiger partial charge in [-0.05, 0) is 55.0 Å². The van der Waals surface area contributed by atoms with Gasteiger partial charge in [-0.15, -0.1) is 5.10 Å². The standard InChI is InChI=1S/C32H31N9/c1-31(2,3)19-37-29-21(16-34)17-36-28-20(15-33)13-22(14-25(28)29)38-30(27-18-41(40-39-27)32(4)10-11-32)24-7-5-9-26-23(24)8-6-12-35-26/h5-9,12-14,17-18,30,38H,10-11,19H2,1-4H3,(H,36,37). The molecule has 1 fully saturated rings. The van der Waals surface area contributed by atoms with E-state index in [1.165, 1.54) is 6.20 Å². The molecule has 2 N–H and O–H groups in total. The van der Waals surface area contributed by atoms with Crippen LogP contribution in [0.25, 0.3) is 21.8 Å². The number of rotatable bonds is 7. The van der Waals surface area contributed by atoms with E-state index in [4.69, 9.17) is 0 Å². The molecule has 1 unspecified atom stereocenters. The number of anilines is 2. The van der Waals surface area contributed by atoms with E-state index in [9.17, 15) is 10.5 Å². The maximum atomic E-state index is 10.1. The summed E-state index contributed by atoms with van der Waals surface area (Å²) in [4.78, 5) is 9.06. The van der Waals surface area contributed by atoms with E-state index in [1.807, 2.05) is 35.1 Å². The van der Waals surface area contributed by atoms with E-state index in [0.29, 0.717) is 39.9 Å². The first kappa shape index (κ1) is 26.2. The van der Waals surface area contributed by atoms with Gasteiger partial charge >= 0.3 is 0 Å². The van der Waals surface area contributed by atoms with E-state index in [2.05, 4.69) is 82.9 Å². The predicted molar refractivity (Wildman–Crippen MR) is 159 cm³/mol. The third-order valence-electron chi connectivity index (χ3n) is 7.64. The summed E-state index contributed by atoms with van der Waals surface area (Å²) in [5, 5.41) is 37.9. The number of benzene rings is 2. The average molecular weight is 542 g/mol. The van der Waals surface area contributed by atoms with Crippen LogP contribution in [-0.2, 0) is 5.54 Å². The minimum atomic E-state index is -0.374. The molecule has 0 saturated heterocycles. The lowest BCUT2D eigenvalue weighted by Crippen LogP contribution is -2.20. The summed E-state index contributed by atoms with van der Waals surface area (Å²) in [5.74, 6) is 0. The van der Waals surface area contributed by atoms with Gasteiger partial charge < -0.3 is 10.6 Å². The highest BCUT2D eigenvalue weighted by molar-refractivity contribution is 5.99. The van der Waals surface area contributed by atoms with Crippen LogP contribution in [-0.4, -0.2) is 31.5 Å². The van der Waals surface area contributed by atoms with Gasteiger partial charge in [-0.3, -0.25) is 9.97 Å². The molecule has 9 heteroatoms. The molecule has 3 aromatic heterocycles. The second-order valence-corrected chi connectivity index (χ2v) is 12.2. The zero-order valence-electron chi connectivity index (χ0n) is 23.6. The van der Waals surface area contributed by atoms with Crippen molar-refractivity contribution in [3.63, 3.8) is 0 Å². The van der Waals surface area contributed by atoms with Crippen molar-refractivity contribution in [2.75, 3.05) is 17.2 Å². The zero-order chi connectivity index (χ0) is 28.8. The molecule has 204 valence electrons. The zero-order valence-corrected chi connectivity index (χ0v) is 23.6. The molecule has 41 heavy (non-hydrogen) atoms. The van der Waals surface area contributed by atoms with Crippen LogP contribution in [0.4, 0.5) is 11.4 Å². The van der Waals surface area contributed by atoms with Gasteiger partial charge in [0.05, 0.1) is 45.6 Å². The summed E-state index contributed by atoms with van der Waals surface area (Å²) in [6.45, 7) is 9.21. The van der Waals surface area contributed by atoms with E-state index in [1.54, 1.807) is 12.3 Å². The Morgan fingerprint density at radius 3 is 2.56 bits per heavy atom. The second kappa shape index (κ2) is 9.87. The van der Waals surface area contributed by atoms with Crippen molar-refractivity contribution in [1.82, 2.24) is 25.0 Å². The van der Waals surface area contributed by atoms with Gasteiger partial charge in [0, 0.05) is 35.4 Å². The van der Waals surface area contributed by atoms with Crippen LogP contribution >= 0.6 is 0 Å². The van der Waals surface area contributed by atoms with Crippen molar-refractivity contribution >= 4 is 33.2 Å². The lowest BCUT2D eigenvalue weighted by atomic mass is 9.96. The van der Waals surface area contributed by atoms with Crippen LogP contribution in [0.1, 0.15) is 69.0 Å². The summed E-state index contributed by atoms with van der Waals surface area (Å²) in [5.41, 5.74) is 5.40. The molecular formula is C32H31N9. The first-order valence-electron chi connectivity index (χ1n) is 13.7. The SMILES string of the molecule is CC(C)(C)CNc1c(C#N)cnc2c(C#N)cc(NC(c3cn(C4(C)CC4)nn3)c3cccc4ncccc34)cc12. The number of aromatic nitrogens is 5. The molecule has 1 saturated carbocycles. The first-order chi connectivity index (χ1) is 19.7. The molecule has 0 radical (unpaired) electrons. The van der Waals surface area contributed by atoms with Crippen molar-refractivity contribution in [1.29, 1.82) is 10.5 Å². The molecule has 1 atom stereocenters. The Labute approximate surface area is 238 Å². The third kappa shape index (κ3) is 5.03. The largest absolute Gasteiger partial charge is 0.383 e. The molecule has 6 rings (SSSR count). The van der Waals surface area contributed by atoms with E-state index in [0.717, 1.165) is 35.0 Å². The van der Waals surface area contributed by atoms with Crippen LogP contribution in [0.2, 0.25) is 0 Å². The second-order valence-electron chi connectivity index (χ2n) is 12.2. The highest BCUT2D eigenvalue weighted by Gasteiger charge is 2.41. The maximum Gasteiger partial charge on any atom is 0.110 e. The number of hydrogen-bond acceptors (Lipinski definition) is 8. The highest BCUT2D eigenvalue weighted by atomic mass is 15.5. The fourth-order valence-corrected chi connectivity index (χ4v) is 5.04. The molecule has 1 aliphatic rings. The van der Waals surface area contributed by atoms with Gasteiger partial charge in [0.25, 0.3) is 0 Å². The molecular weight excluding hydrogens is 510 g/mol. The fraction of sp³-hybridized carbons (Fsp3) is 0.312. The van der Waals surface area contributed by atoms with Crippen LogP contribution in [0.5, 0.6) is 0 Å². The van der Waals surface area contributed by atoms with E-state index >= 15 is 0 Å². The average Bonchev–Trinajstić information content (AvgIpc) is 3.52. The molecule has 3 heterocycles.